The minimum atomic E-state index is -0.0611. The van der Waals surface area contributed by atoms with Gasteiger partial charge >= 0.3 is 0 Å². The van der Waals surface area contributed by atoms with Crippen molar-refractivity contribution in [3.63, 3.8) is 0 Å². The molecule has 0 saturated heterocycles. The summed E-state index contributed by atoms with van der Waals surface area (Å²) in [6.07, 6.45) is 4.88. The van der Waals surface area contributed by atoms with Gasteiger partial charge in [-0.25, -0.2) is 0 Å². The van der Waals surface area contributed by atoms with Crippen molar-refractivity contribution in [2.45, 2.75) is 110 Å². The maximum Gasteiger partial charge on any atom is 0.252 e. The molecule has 1 saturated carbocycles. The van der Waals surface area contributed by atoms with Gasteiger partial charge in [0.2, 0.25) is 0 Å². The molecule has 4 aliphatic rings. The summed E-state index contributed by atoms with van der Waals surface area (Å²) >= 11 is 1.93. The molecule has 8 aromatic carbocycles. The van der Waals surface area contributed by atoms with Gasteiger partial charge in [-0.2, -0.15) is 0 Å². The third-order valence-electron chi connectivity index (χ3n) is 17.1. The fraction of sp³-hybridized carbons (Fsp3) is 0.262. The zero-order chi connectivity index (χ0) is 48.1. The Hall–Kier alpha value is -6.56. The number of hydrogen-bond donors (Lipinski definition) is 0. The molecule has 0 spiro atoms. The number of benzene rings is 8. The van der Waals surface area contributed by atoms with Crippen molar-refractivity contribution in [3.8, 4) is 11.1 Å². The molecule has 346 valence electrons. The van der Waals surface area contributed by atoms with Gasteiger partial charge in [0.1, 0.15) is 0 Å². The highest BCUT2D eigenvalue weighted by atomic mass is 32.1. The minimum absolute atomic E-state index is 0.00326. The number of rotatable bonds is 4. The highest BCUT2D eigenvalue weighted by molar-refractivity contribution is 7.26. The van der Waals surface area contributed by atoms with Crippen LogP contribution in [0, 0.1) is 6.92 Å². The van der Waals surface area contributed by atoms with Crippen LogP contribution < -0.4 is 31.1 Å². The average Bonchev–Trinajstić information content (AvgIpc) is 3.83. The SMILES string of the molecule is Cc1cc2c3c(c1)N(c1cccc4c1sc1ccccc14)c1cc(N4c5ccccc5C5(C)CCCCC45C)ccc1B3c1cc(C(C)(C)C)ccc1N2c1ccc(C(C)(C)C)cc1-c1ccccc1. The summed E-state index contributed by atoms with van der Waals surface area (Å²) in [5, 5.41) is 2.63. The molecule has 0 amide bonds. The first kappa shape index (κ1) is 43.5. The summed E-state index contributed by atoms with van der Waals surface area (Å²) in [4.78, 5) is 8.07. The predicted molar refractivity (Wildman–Crippen MR) is 304 cm³/mol. The van der Waals surface area contributed by atoms with E-state index in [1.54, 1.807) is 0 Å². The Kier molecular flexibility index (Phi) is 9.45. The molecule has 4 heterocycles. The van der Waals surface area contributed by atoms with Crippen molar-refractivity contribution in [2.24, 2.45) is 0 Å². The van der Waals surface area contributed by atoms with Crippen LogP contribution in [0.1, 0.15) is 103 Å². The first-order chi connectivity index (χ1) is 33.6. The number of nitrogens with zero attached hydrogens (tertiary/aromatic N) is 3. The maximum absolute atomic E-state index is 2.76. The quantitative estimate of drug-likeness (QED) is 0.163. The van der Waals surface area contributed by atoms with Crippen molar-refractivity contribution >= 4 is 100 Å². The molecule has 5 heteroatoms. The van der Waals surface area contributed by atoms with Crippen LogP contribution in [0.2, 0.25) is 0 Å². The highest BCUT2D eigenvalue weighted by Crippen LogP contribution is 2.61. The van der Waals surface area contributed by atoms with Crippen LogP contribution in [0.3, 0.4) is 0 Å². The van der Waals surface area contributed by atoms with Crippen LogP contribution in [0.4, 0.5) is 45.5 Å². The number of anilines is 8. The fourth-order valence-electron chi connectivity index (χ4n) is 13.3. The normalized spacial score (nSPS) is 19.3. The van der Waals surface area contributed by atoms with E-state index in [-0.39, 0.29) is 28.5 Å². The van der Waals surface area contributed by atoms with Gasteiger partial charge in [0.25, 0.3) is 6.71 Å². The molecular weight excluding hydrogens is 866 g/mol. The molecule has 0 radical (unpaired) electrons. The van der Waals surface area contributed by atoms with Gasteiger partial charge in [-0.15, -0.1) is 11.3 Å². The Labute approximate surface area is 419 Å². The lowest BCUT2D eigenvalue weighted by Crippen LogP contribution is -2.61. The Morgan fingerprint density at radius 2 is 1.16 bits per heavy atom. The second-order valence-corrected chi connectivity index (χ2v) is 24.4. The Morgan fingerprint density at radius 1 is 0.514 bits per heavy atom. The largest absolute Gasteiger partial charge is 0.334 e. The van der Waals surface area contributed by atoms with Crippen LogP contribution in [0.25, 0.3) is 31.3 Å². The van der Waals surface area contributed by atoms with Crippen molar-refractivity contribution in [2.75, 3.05) is 14.7 Å². The first-order valence-electron chi connectivity index (χ1n) is 25.7. The third-order valence-corrected chi connectivity index (χ3v) is 18.4. The van der Waals surface area contributed by atoms with E-state index in [4.69, 9.17) is 0 Å². The van der Waals surface area contributed by atoms with Gasteiger partial charge < -0.3 is 14.7 Å². The number of fused-ring (bicyclic) bond motifs is 10. The first-order valence-corrected chi connectivity index (χ1v) is 26.5. The van der Waals surface area contributed by atoms with E-state index in [2.05, 4.69) is 241 Å². The van der Waals surface area contributed by atoms with E-state index in [0.717, 1.165) is 6.42 Å². The summed E-state index contributed by atoms with van der Waals surface area (Å²) < 4.78 is 2.64. The molecule has 2 unspecified atom stereocenters. The molecule has 1 aromatic heterocycles. The molecule has 1 fully saturated rings. The summed E-state index contributed by atoms with van der Waals surface area (Å²) in [5.74, 6) is 0. The van der Waals surface area contributed by atoms with Crippen molar-refractivity contribution in [1.29, 1.82) is 0 Å². The lowest BCUT2D eigenvalue weighted by Gasteiger charge is -2.50. The molecular formula is C65H62BN3S. The van der Waals surface area contributed by atoms with Gasteiger partial charge in [0.15, 0.2) is 0 Å². The van der Waals surface area contributed by atoms with E-state index in [1.807, 2.05) is 11.3 Å². The summed E-state index contributed by atoms with van der Waals surface area (Å²) in [5.41, 5.74) is 22.0. The number of aryl methyl sites for hydroxylation is 1. The van der Waals surface area contributed by atoms with Crippen LogP contribution >= 0.6 is 11.3 Å². The monoisotopic (exact) mass is 927 g/mol. The zero-order valence-electron chi connectivity index (χ0n) is 42.2. The van der Waals surface area contributed by atoms with Crippen LogP contribution in [0.5, 0.6) is 0 Å². The molecule has 0 N–H and O–H groups in total. The lowest BCUT2D eigenvalue weighted by molar-refractivity contribution is 0.195. The third kappa shape index (κ3) is 6.19. The van der Waals surface area contributed by atoms with Crippen molar-refractivity contribution < 1.29 is 0 Å². The van der Waals surface area contributed by atoms with E-state index in [0.29, 0.717) is 0 Å². The molecule has 1 aliphatic carbocycles. The Morgan fingerprint density at radius 3 is 1.93 bits per heavy atom. The number of thiophene rings is 1. The van der Waals surface area contributed by atoms with Gasteiger partial charge in [0.05, 0.1) is 21.6 Å². The van der Waals surface area contributed by atoms with E-state index in [9.17, 15) is 0 Å². The van der Waals surface area contributed by atoms with E-state index >= 15 is 0 Å². The smallest absolute Gasteiger partial charge is 0.252 e. The van der Waals surface area contributed by atoms with E-state index in [1.165, 1.54) is 135 Å². The molecule has 3 aliphatic heterocycles. The van der Waals surface area contributed by atoms with Gasteiger partial charge in [-0.3, -0.25) is 0 Å². The maximum atomic E-state index is 2.76. The van der Waals surface area contributed by atoms with Crippen LogP contribution in [-0.4, -0.2) is 12.3 Å². The summed E-state index contributed by atoms with van der Waals surface area (Å²) in [6.45, 7) is 21.5. The minimum Gasteiger partial charge on any atom is -0.334 e. The molecule has 3 nitrogen and oxygen atoms in total. The number of para-hydroxylation sites is 1. The van der Waals surface area contributed by atoms with Crippen molar-refractivity contribution in [1.82, 2.24) is 0 Å². The lowest BCUT2D eigenvalue weighted by atomic mass is 9.33. The summed E-state index contributed by atoms with van der Waals surface area (Å²) in [6, 6.07) is 63.6. The molecule has 9 aromatic rings. The molecule has 0 bridgehead atoms. The topological polar surface area (TPSA) is 9.72 Å². The second kappa shape index (κ2) is 15.2. The molecule has 13 rings (SSSR count). The summed E-state index contributed by atoms with van der Waals surface area (Å²) in [7, 11) is 0. The molecule has 70 heavy (non-hydrogen) atoms. The van der Waals surface area contributed by atoms with Crippen molar-refractivity contribution in [3.05, 3.63) is 186 Å². The van der Waals surface area contributed by atoms with Gasteiger partial charge in [0, 0.05) is 60.6 Å². The average molecular weight is 928 g/mol. The fourth-order valence-corrected chi connectivity index (χ4v) is 14.5. The van der Waals surface area contributed by atoms with Crippen LogP contribution in [0.15, 0.2) is 164 Å². The molecule has 2 atom stereocenters. The number of hydrogen-bond acceptors (Lipinski definition) is 4. The Bertz CT molecular complexity index is 3610. The predicted octanol–water partition coefficient (Wildman–Crippen LogP) is 16.4. The Balaban J connectivity index is 1.13. The van der Waals surface area contributed by atoms with Crippen LogP contribution in [-0.2, 0) is 16.2 Å². The second-order valence-electron chi connectivity index (χ2n) is 23.4. The zero-order valence-corrected chi connectivity index (χ0v) is 43.1. The highest BCUT2D eigenvalue weighted by Gasteiger charge is 2.58. The standard InChI is InChI=1S/C65H62BN3S/c1-41-36-57-60-58(37-41)68(55-26-19-23-47-46-22-13-16-27-59(46)70-61(47)55)56-40-45(69-53-25-15-14-24-49(53)64(8)34-17-18-35-65(64,69)9)30-31-50(56)66(60)51-39-44(63(5,6)7)29-33-54(51)67(57)52-32-28-43(62(2,3)4)38-48(52)42-20-11-10-12-21-42/h10-16,19-33,36-40H,17-18,34-35H2,1-9H3. The van der Waals surface area contributed by atoms with Gasteiger partial charge in [-0.1, -0.05) is 164 Å². The van der Waals surface area contributed by atoms with E-state index < -0.39 is 0 Å². The van der Waals surface area contributed by atoms with Gasteiger partial charge in [-0.05, 0) is 142 Å².